The molecule has 0 aliphatic heterocycles. The molecule has 0 radical (unpaired) electrons. The fourth-order valence-corrected chi connectivity index (χ4v) is 3.72. The van der Waals surface area contributed by atoms with Crippen molar-refractivity contribution in [2.45, 2.75) is 24.8 Å². The first-order valence-electron chi connectivity index (χ1n) is 8.24. The number of anilines is 1. The van der Waals surface area contributed by atoms with Crippen molar-refractivity contribution in [3.05, 3.63) is 66.7 Å². The van der Waals surface area contributed by atoms with Crippen LogP contribution < -0.4 is 10.0 Å². The van der Waals surface area contributed by atoms with Crippen molar-refractivity contribution < 1.29 is 13.2 Å². The van der Waals surface area contributed by atoms with Crippen molar-refractivity contribution in [1.29, 1.82) is 0 Å². The second-order valence-electron chi connectivity index (χ2n) is 6.11. The highest BCUT2D eigenvalue weighted by molar-refractivity contribution is 7.89. The van der Waals surface area contributed by atoms with E-state index in [0.717, 1.165) is 0 Å². The quantitative estimate of drug-likeness (QED) is 0.677. The summed E-state index contributed by atoms with van der Waals surface area (Å²) in [4.78, 5) is 16.6. The van der Waals surface area contributed by atoms with Crippen LogP contribution in [0.4, 0.5) is 5.69 Å². The van der Waals surface area contributed by atoms with E-state index in [9.17, 15) is 13.2 Å². The molecule has 8 nitrogen and oxygen atoms in total. The molecule has 1 heterocycles. The molecule has 0 bridgehead atoms. The van der Waals surface area contributed by atoms with Gasteiger partial charge in [0.15, 0.2) is 0 Å². The Morgan fingerprint density at radius 2 is 1.78 bits per heavy atom. The highest BCUT2D eigenvalue weighted by atomic mass is 32.2. The van der Waals surface area contributed by atoms with Crippen molar-refractivity contribution in [1.82, 2.24) is 19.5 Å². The minimum atomic E-state index is -3.60. The van der Waals surface area contributed by atoms with Crippen molar-refractivity contribution in [3.63, 3.8) is 0 Å². The van der Waals surface area contributed by atoms with E-state index in [1.807, 2.05) is 6.07 Å². The molecule has 0 aliphatic rings. The van der Waals surface area contributed by atoms with Gasteiger partial charge >= 0.3 is 0 Å². The largest absolute Gasteiger partial charge is 0.320 e. The van der Waals surface area contributed by atoms with Gasteiger partial charge in [-0.3, -0.25) is 4.79 Å². The summed E-state index contributed by atoms with van der Waals surface area (Å²) in [5.41, 5.74) is 1.57. The standard InChI is InChI=1S/C18H19N5O3S/c1-13(2)22-27(25,26)15-9-7-14(8-10-15)18(24)21-16-5-3-4-6-17(16)23-12-19-11-20-23/h3-13,22H,1-2H3,(H,21,24). The maximum absolute atomic E-state index is 12.6. The number of rotatable bonds is 6. The third-order valence-corrected chi connectivity index (χ3v) is 5.31. The Labute approximate surface area is 157 Å². The molecule has 0 unspecified atom stereocenters. The number of amides is 1. The molecule has 27 heavy (non-hydrogen) atoms. The molecule has 0 saturated heterocycles. The molecule has 2 N–H and O–H groups in total. The van der Waals surface area contributed by atoms with Crippen LogP contribution in [0.3, 0.4) is 0 Å². The lowest BCUT2D eigenvalue weighted by molar-refractivity contribution is 0.102. The van der Waals surface area contributed by atoms with Crippen LogP contribution in [0.5, 0.6) is 0 Å². The maximum atomic E-state index is 12.6. The summed E-state index contributed by atoms with van der Waals surface area (Å²) >= 11 is 0. The highest BCUT2D eigenvalue weighted by Crippen LogP contribution is 2.20. The molecule has 3 rings (SSSR count). The second kappa shape index (κ2) is 7.68. The number of carbonyl (C=O) groups excluding carboxylic acids is 1. The first-order chi connectivity index (χ1) is 12.9. The van der Waals surface area contributed by atoms with Gasteiger partial charge in [-0.25, -0.2) is 22.8 Å². The fraction of sp³-hybridized carbons (Fsp3) is 0.167. The minimum Gasteiger partial charge on any atom is -0.320 e. The molecular formula is C18H19N5O3S. The van der Waals surface area contributed by atoms with Gasteiger partial charge in [-0.2, -0.15) is 5.10 Å². The van der Waals surface area contributed by atoms with Crippen molar-refractivity contribution in [2.24, 2.45) is 0 Å². The van der Waals surface area contributed by atoms with Gasteiger partial charge in [0.1, 0.15) is 12.7 Å². The Hall–Kier alpha value is -3.04. The van der Waals surface area contributed by atoms with Crippen LogP contribution in [0.25, 0.3) is 5.69 Å². The molecule has 0 fully saturated rings. The number of carbonyl (C=O) groups is 1. The number of sulfonamides is 1. The van der Waals surface area contributed by atoms with E-state index < -0.39 is 10.0 Å². The van der Waals surface area contributed by atoms with E-state index in [0.29, 0.717) is 16.9 Å². The van der Waals surface area contributed by atoms with Crippen LogP contribution in [0.2, 0.25) is 0 Å². The molecule has 2 aromatic carbocycles. The molecule has 3 aromatic rings. The predicted molar refractivity (Wildman–Crippen MR) is 101 cm³/mol. The number of hydrogen-bond acceptors (Lipinski definition) is 5. The number of benzene rings is 2. The zero-order valence-electron chi connectivity index (χ0n) is 14.8. The summed E-state index contributed by atoms with van der Waals surface area (Å²) in [6.07, 6.45) is 2.94. The van der Waals surface area contributed by atoms with E-state index in [4.69, 9.17) is 0 Å². The molecule has 0 spiro atoms. The SMILES string of the molecule is CC(C)NS(=O)(=O)c1ccc(C(=O)Nc2ccccc2-n2cncn2)cc1. The van der Waals surface area contributed by atoms with Gasteiger partial charge in [0.25, 0.3) is 5.91 Å². The third kappa shape index (κ3) is 4.39. The van der Waals surface area contributed by atoms with E-state index in [2.05, 4.69) is 20.1 Å². The normalized spacial score (nSPS) is 11.5. The van der Waals surface area contributed by atoms with Gasteiger partial charge in [0.2, 0.25) is 10.0 Å². The molecule has 1 aromatic heterocycles. The summed E-state index contributed by atoms with van der Waals surface area (Å²) < 4.78 is 28.4. The summed E-state index contributed by atoms with van der Waals surface area (Å²) in [6, 6.07) is 12.7. The van der Waals surface area contributed by atoms with Gasteiger partial charge < -0.3 is 5.32 Å². The number of nitrogens with zero attached hydrogens (tertiary/aromatic N) is 3. The van der Waals surface area contributed by atoms with E-state index in [-0.39, 0.29) is 16.8 Å². The lowest BCUT2D eigenvalue weighted by Gasteiger charge is -2.12. The number of nitrogens with one attached hydrogen (secondary N) is 2. The minimum absolute atomic E-state index is 0.107. The Morgan fingerprint density at radius 1 is 1.07 bits per heavy atom. The second-order valence-corrected chi connectivity index (χ2v) is 7.83. The molecule has 9 heteroatoms. The Balaban J connectivity index is 1.80. The predicted octanol–water partition coefficient (Wildman–Crippen LogP) is 2.21. The lowest BCUT2D eigenvalue weighted by atomic mass is 10.2. The van der Waals surface area contributed by atoms with Gasteiger partial charge in [0.05, 0.1) is 16.3 Å². The van der Waals surface area contributed by atoms with Crippen molar-refractivity contribution in [2.75, 3.05) is 5.32 Å². The Morgan fingerprint density at radius 3 is 2.41 bits per heavy atom. The summed E-state index contributed by atoms with van der Waals surface area (Å²) in [7, 11) is -3.60. The van der Waals surface area contributed by atoms with Crippen LogP contribution in [0.1, 0.15) is 24.2 Å². The number of hydrogen-bond donors (Lipinski definition) is 2. The fourth-order valence-electron chi connectivity index (χ4n) is 2.47. The zero-order valence-corrected chi connectivity index (χ0v) is 15.6. The maximum Gasteiger partial charge on any atom is 0.255 e. The van der Waals surface area contributed by atoms with Crippen LogP contribution in [-0.2, 0) is 10.0 Å². The summed E-state index contributed by atoms with van der Waals surface area (Å²) in [6.45, 7) is 3.48. The Bertz CT molecular complexity index is 1030. The van der Waals surface area contributed by atoms with Gasteiger partial charge in [-0.05, 0) is 50.2 Å². The topological polar surface area (TPSA) is 106 Å². The van der Waals surface area contributed by atoms with Crippen LogP contribution in [-0.4, -0.2) is 35.1 Å². The average molecular weight is 385 g/mol. The molecule has 0 aliphatic carbocycles. The van der Waals surface area contributed by atoms with Crippen molar-refractivity contribution in [3.8, 4) is 5.69 Å². The molecule has 0 saturated carbocycles. The first-order valence-corrected chi connectivity index (χ1v) is 9.73. The van der Waals surface area contributed by atoms with E-state index in [1.54, 1.807) is 36.7 Å². The summed E-state index contributed by atoms with van der Waals surface area (Å²) in [5, 5.41) is 6.88. The van der Waals surface area contributed by atoms with E-state index in [1.165, 1.54) is 36.9 Å². The van der Waals surface area contributed by atoms with Crippen molar-refractivity contribution >= 4 is 21.6 Å². The molecule has 140 valence electrons. The van der Waals surface area contributed by atoms with Crippen LogP contribution >= 0.6 is 0 Å². The lowest BCUT2D eigenvalue weighted by Crippen LogP contribution is -2.30. The molecule has 1 amide bonds. The summed E-state index contributed by atoms with van der Waals surface area (Å²) in [5.74, 6) is -0.358. The van der Waals surface area contributed by atoms with Gasteiger partial charge in [0, 0.05) is 11.6 Å². The molecular weight excluding hydrogens is 366 g/mol. The number of para-hydroxylation sites is 2. The first kappa shape index (κ1) is 18.7. The van der Waals surface area contributed by atoms with E-state index >= 15 is 0 Å². The average Bonchev–Trinajstić information content (AvgIpc) is 3.16. The van der Waals surface area contributed by atoms with Crippen LogP contribution in [0.15, 0.2) is 66.1 Å². The van der Waals surface area contributed by atoms with Crippen LogP contribution in [0, 0.1) is 0 Å². The van der Waals surface area contributed by atoms with Gasteiger partial charge in [-0.15, -0.1) is 0 Å². The third-order valence-electron chi connectivity index (χ3n) is 3.64. The van der Waals surface area contributed by atoms with Gasteiger partial charge in [-0.1, -0.05) is 12.1 Å². The Kier molecular flexibility index (Phi) is 5.33. The zero-order chi connectivity index (χ0) is 19.4. The monoisotopic (exact) mass is 385 g/mol. The molecule has 0 atom stereocenters. The highest BCUT2D eigenvalue weighted by Gasteiger charge is 2.16. The smallest absolute Gasteiger partial charge is 0.255 e. The number of aromatic nitrogens is 3.